The quantitative estimate of drug-likeness (QED) is 0.763. The standard InChI is InChI=1S/C14H21NO/c1-4-14(2,3)10-15-9-8-11-12(15)6-5-7-13(11)16/h8-9H,4-7,10H2,1-3H3. The van der Waals surface area contributed by atoms with Gasteiger partial charge in [0.2, 0.25) is 0 Å². The van der Waals surface area contributed by atoms with Crippen LogP contribution in [-0.4, -0.2) is 10.4 Å². The van der Waals surface area contributed by atoms with Gasteiger partial charge in [0.1, 0.15) is 0 Å². The molecule has 1 aliphatic rings. The molecule has 0 bridgehead atoms. The minimum Gasteiger partial charge on any atom is -0.350 e. The first-order valence-corrected chi connectivity index (χ1v) is 6.25. The van der Waals surface area contributed by atoms with Crippen LogP contribution >= 0.6 is 0 Å². The van der Waals surface area contributed by atoms with Crippen LogP contribution in [0.5, 0.6) is 0 Å². The number of Topliss-reactive ketones (excluding diaryl/α,β-unsaturated/α-hetero) is 1. The highest BCUT2D eigenvalue weighted by atomic mass is 16.1. The van der Waals surface area contributed by atoms with Gasteiger partial charge >= 0.3 is 0 Å². The van der Waals surface area contributed by atoms with Gasteiger partial charge in [0.15, 0.2) is 5.78 Å². The number of ketones is 1. The smallest absolute Gasteiger partial charge is 0.164 e. The highest BCUT2D eigenvalue weighted by Crippen LogP contribution is 2.27. The summed E-state index contributed by atoms with van der Waals surface area (Å²) in [5, 5.41) is 0. The lowest BCUT2D eigenvalue weighted by atomic mass is 9.89. The van der Waals surface area contributed by atoms with Crippen molar-refractivity contribution < 1.29 is 4.79 Å². The van der Waals surface area contributed by atoms with Crippen molar-refractivity contribution in [2.45, 2.75) is 53.0 Å². The van der Waals surface area contributed by atoms with E-state index in [1.165, 1.54) is 5.69 Å². The molecular formula is C14H21NO. The average Bonchev–Trinajstić information content (AvgIpc) is 2.63. The van der Waals surface area contributed by atoms with Crippen LogP contribution < -0.4 is 0 Å². The molecule has 0 aliphatic heterocycles. The third kappa shape index (κ3) is 2.06. The first kappa shape index (κ1) is 11.4. The van der Waals surface area contributed by atoms with Crippen LogP contribution in [0, 0.1) is 5.41 Å². The van der Waals surface area contributed by atoms with E-state index in [-0.39, 0.29) is 0 Å². The number of fused-ring (bicyclic) bond motifs is 1. The molecule has 2 rings (SSSR count). The van der Waals surface area contributed by atoms with E-state index in [4.69, 9.17) is 0 Å². The van der Waals surface area contributed by atoms with Crippen molar-refractivity contribution >= 4 is 5.78 Å². The molecular weight excluding hydrogens is 198 g/mol. The van der Waals surface area contributed by atoms with Crippen molar-refractivity contribution in [2.24, 2.45) is 5.41 Å². The topological polar surface area (TPSA) is 22.0 Å². The van der Waals surface area contributed by atoms with Crippen LogP contribution in [0.2, 0.25) is 0 Å². The summed E-state index contributed by atoms with van der Waals surface area (Å²) < 4.78 is 2.29. The summed E-state index contributed by atoms with van der Waals surface area (Å²) in [6, 6.07) is 2.00. The van der Waals surface area contributed by atoms with Crippen molar-refractivity contribution in [3.8, 4) is 0 Å². The van der Waals surface area contributed by atoms with Gasteiger partial charge in [-0.25, -0.2) is 0 Å². The molecule has 2 nitrogen and oxygen atoms in total. The lowest BCUT2D eigenvalue weighted by molar-refractivity contribution is 0.0971. The number of hydrogen-bond donors (Lipinski definition) is 0. The van der Waals surface area contributed by atoms with Crippen molar-refractivity contribution in [3.63, 3.8) is 0 Å². The normalized spacial score (nSPS) is 16.3. The predicted octanol–water partition coefficient (Wildman–Crippen LogP) is 3.44. The molecule has 0 unspecified atom stereocenters. The van der Waals surface area contributed by atoms with Gasteiger partial charge in [0.25, 0.3) is 0 Å². The number of nitrogens with zero attached hydrogens (tertiary/aromatic N) is 1. The fourth-order valence-electron chi connectivity index (χ4n) is 2.31. The number of rotatable bonds is 3. The Bertz CT molecular complexity index is 401. The van der Waals surface area contributed by atoms with Crippen LogP contribution in [0.3, 0.4) is 0 Å². The maximum Gasteiger partial charge on any atom is 0.164 e. The van der Waals surface area contributed by atoms with Gasteiger partial charge in [-0.3, -0.25) is 4.79 Å². The van der Waals surface area contributed by atoms with E-state index in [1.807, 2.05) is 6.07 Å². The fraction of sp³-hybridized carbons (Fsp3) is 0.643. The maximum atomic E-state index is 11.7. The second kappa shape index (κ2) is 4.08. The van der Waals surface area contributed by atoms with Crippen LogP contribution in [0.25, 0.3) is 0 Å². The van der Waals surface area contributed by atoms with Crippen molar-refractivity contribution in [2.75, 3.05) is 0 Å². The molecule has 0 aromatic carbocycles. The van der Waals surface area contributed by atoms with E-state index in [9.17, 15) is 4.79 Å². The Kier molecular flexibility index (Phi) is 2.92. The lowest BCUT2D eigenvalue weighted by Gasteiger charge is -2.25. The van der Waals surface area contributed by atoms with E-state index < -0.39 is 0 Å². The number of aromatic nitrogens is 1. The van der Waals surface area contributed by atoms with E-state index >= 15 is 0 Å². The maximum absolute atomic E-state index is 11.7. The zero-order chi connectivity index (χ0) is 11.8. The summed E-state index contributed by atoms with van der Waals surface area (Å²) in [7, 11) is 0. The van der Waals surface area contributed by atoms with Crippen LogP contribution in [0.15, 0.2) is 12.3 Å². The Morgan fingerprint density at radius 1 is 1.38 bits per heavy atom. The van der Waals surface area contributed by atoms with Gasteiger partial charge in [-0.15, -0.1) is 0 Å². The van der Waals surface area contributed by atoms with E-state index in [1.54, 1.807) is 0 Å². The summed E-state index contributed by atoms with van der Waals surface area (Å²) in [4.78, 5) is 11.7. The van der Waals surface area contributed by atoms with Crippen LogP contribution in [0.1, 0.15) is 56.1 Å². The van der Waals surface area contributed by atoms with Crippen molar-refractivity contribution in [1.29, 1.82) is 0 Å². The Hall–Kier alpha value is -1.05. The van der Waals surface area contributed by atoms with Gasteiger partial charge in [0, 0.05) is 30.4 Å². The van der Waals surface area contributed by atoms with Gasteiger partial charge in [0.05, 0.1) is 0 Å². The Morgan fingerprint density at radius 2 is 2.12 bits per heavy atom. The number of carbonyl (C=O) groups excluding carboxylic acids is 1. The third-order valence-electron chi connectivity index (χ3n) is 3.75. The molecule has 0 N–H and O–H groups in total. The summed E-state index contributed by atoms with van der Waals surface area (Å²) >= 11 is 0. The second-order valence-corrected chi connectivity index (χ2v) is 5.60. The Morgan fingerprint density at radius 3 is 2.81 bits per heavy atom. The summed E-state index contributed by atoms with van der Waals surface area (Å²) in [5.74, 6) is 0.328. The molecule has 0 amide bonds. The summed E-state index contributed by atoms with van der Waals surface area (Å²) in [6.07, 6.45) is 6.06. The SMILES string of the molecule is CCC(C)(C)Cn1ccc2c1CCCC2=O. The second-order valence-electron chi connectivity index (χ2n) is 5.60. The molecule has 1 aliphatic carbocycles. The number of hydrogen-bond acceptors (Lipinski definition) is 1. The van der Waals surface area contributed by atoms with Gasteiger partial charge < -0.3 is 4.57 Å². The third-order valence-corrected chi connectivity index (χ3v) is 3.75. The molecule has 88 valence electrons. The van der Waals surface area contributed by atoms with Crippen LogP contribution in [-0.2, 0) is 13.0 Å². The largest absolute Gasteiger partial charge is 0.350 e. The molecule has 0 spiro atoms. The Balaban J connectivity index is 2.27. The van der Waals surface area contributed by atoms with E-state index in [2.05, 4.69) is 31.5 Å². The zero-order valence-corrected chi connectivity index (χ0v) is 10.5. The molecule has 1 heterocycles. The van der Waals surface area contributed by atoms with E-state index in [0.29, 0.717) is 11.2 Å². The predicted molar refractivity (Wildman–Crippen MR) is 65.8 cm³/mol. The molecule has 2 heteroatoms. The van der Waals surface area contributed by atoms with Crippen molar-refractivity contribution in [3.05, 3.63) is 23.5 Å². The molecule has 0 atom stereocenters. The molecule has 0 saturated carbocycles. The first-order chi connectivity index (χ1) is 7.53. The molecule has 16 heavy (non-hydrogen) atoms. The van der Waals surface area contributed by atoms with Gasteiger partial charge in [-0.2, -0.15) is 0 Å². The zero-order valence-electron chi connectivity index (χ0n) is 10.5. The molecule has 0 saturated heterocycles. The highest BCUT2D eigenvalue weighted by Gasteiger charge is 2.23. The van der Waals surface area contributed by atoms with Gasteiger partial charge in [-0.05, 0) is 30.7 Å². The minimum absolute atomic E-state index is 0.313. The summed E-state index contributed by atoms with van der Waals surface area (Å²) in [5.41, 5.74) is 2.55. The molecule has 0 fully saturated rings. The van der Waals surface area contributed by atoms with Crippen molar-refractivity contribution in [1.82, 2.24) is 4.57 Å². The lowest BCUT2D eigenvalue weighted by Crippen LogP contribution is -2.21. The monoisotopic (exact) mass is 219 g/mol. The average molecular weight is 219 g/mol. The molecule has 0 radical (unpaired) electrons. The first-order valence-electron chi connectivity index (χ1n) is 6.25. The highest BCUT2D eigenvalue weighted by molar-refractivity contribution is 5.98. The van der Waals surface area contributed by atoms with Gasteiger partial charge in [-0.1, -0.05) is 20.8 Å². The summed E-state index contributed by atoms with van der Waals surface area (Å²) in [6.45, 7) is 7.81. The van der Waals surface area contributed by atoms with E-state index in [0.717, 1.165) is 37.8 Å². The molecule has 1 aromatic rings. The fourth-order valence-corrected chi connectivity index (χ4v) is 2.31. The molecule has 1 aromatic heterocycles. The minimum atomic E-state index is 0.313. The Labute approximate surface area is 97.7 Å². The number of carbonyl (C=O) groups is 1. The van der Waals surface area contributed by atoms with Crippen LogP contribution in [0.4, 0.5) is 0 Å².